The highest BCUT2D eigenvalue weighted by Crippen LogP contribution is 2.43. The summed E-state index contributed by atoms with van der Waals surface area (Å²) in [6, 6.07) is 30.1. The van der Waals surface area contributed by atoms with Gasteiger partial charge in [0.2, 0.25) is 0 Å². The van der Waals surface area contributed by atoms with Gasteiger partial charge in [0.1, 0.15) is 0 Å². The number of rotatable bonds is 7. The Labute approximate surface area is 233 Å². The first-order valence-electron chi connectivity index (χ1n) is 13.5. The Morgan fingerprint density at radius 3 is 2.15 bits per heavy atom. The normalized spacial score (nSPS) is 16.2. The zero-order valence-electron chi connectivity index (χ0n) is 22.6. The number of carbonyl (C=O) groups excluding carboxylic acids is 2. The predicted octanol–water partition coefficient (Wildman–Crippen LogP) is 7.37. The van der Waals surface area contributed by atoms with E-state index in [4.69, 9.17) is 0 Å². The first-order chi connectivity index (χ1) is 19.4. The summed E-state index contributed by atoms with van der Waals surface area (Å²) in [5, 5.41) is 11.2. The van der Waals surface area contributed by atoms with Crippen LogP contribution in [0.3, 0.4) is 0 Å². The van der Waals surface area contributed by atoms with Gasteiger partial charge in [0.15, 0.2) is 0 Å². The van der Waals surface area contributed by atoms with Crippen LogP contribution >= 0.6 is 0 Å². The lowest BCUT2D eigenvalue weighted by Crippen LogP contribution is -2.47. The highest BCUT2D eigenvalue weighted by Gasteiger charge is 2.39. The summed E-state index contributed by atoms with van der Waals surface area (Å²) in [7, 11) is 0. The Morgan fingerprint density at radius 2 is 1.50 bits per heavy atom. The Kier molecular flexibility index (Phi) is 7.73. The van der Waals surface area contributed by atoms with E-state index in [1.165, 1.54) is 29.8 Å². The molecule has 2 amide bonds. The smallest absolute Gasteiger partial charge is 0.269 e. The summed E-state index contributed by atoms with van der Waals surface area (Å²) < 4.78 is 0. The van der Waals surface area contributed by atoms with E-state index in [0.29, 0.717) is 23.2 Å². The quantitative estimate of drug-likeness (QED) is 0.183. The number of aryl methyl sites for hydroxylation is 1. The summed E-state index contributed by atoms with van der Waals surface area (Å²) in [6.45, 7) is 4.14. The minimum atomic E-state index is -0.481. The van der Waals surface area contributed by atoms with Gasteiger partial charge in [-0.15, -0.1) is 0 Å². The molecule has 0 saturated carbocycles. The summed E-state index contributed by atoms with van der Waals surface area (Å²) in [5.41, 5.74) is 4.46. The van der Waals surface area contributed by atoms with E-state index >= 15 is 0 Å². The zero-order chi connectivity index (χ0) is 28.2. The highest BCUT2D eigenvalue weighted by molar-refractivity contribution is 6.09. The fraction of sp³-hybridized carbons (Fsp3) is 0.212. The maximum Gasteiger partial charge on any atom is 0.269 e. The summed E-state index contributed by atoms with van der Waals surface area (Å²) in [4.78, 5) is 42.1. The number of non-ortho nitro benzene ring substituents is 1. The number of hydrogen-bond donors (Lipinski definition) is 0. The van der Waals surface area contributed by atoms with Gasteiger partial charge in [-0.25, -0.2) is 0 Å². The molecule has 0 radical (unpaired) electrons. The number of nitrogens with zero attached hydrogens (tertiary/aromatic N) is 3. The van der Waals surface area contributed by atoms with Crippen LogP contribution < -0.4 is 9.80 Å². The van der Waals surface area contributed by atoms with Crippen molar-refractivity contribution < 1.29 is 14.5 Å². The van der Waals surface area contributed by atoms with Gasteiger partial charge in [-0.05, 0) is 73.4 Å². The van der Waals surface area contributed by atoms with Crippen molar-refractivity contribution in [3.63, 3.8) is 0 Å². The molecule has 0 unspecified atom stereocenters. The lowest BCUT2D eigenvalue weighted by Gasteiger charge is -2.43. The van der Waals surface area contributed by atoms with Gasteiger partial charge in [-0.2, -0.15) is 0 Å². The number of amides is 2. The number of hydrogen-bond acceptors (Lipinski definition) is 4. The molecular formula is C33H31N3O4. The van der Waals surface area contributed by atoms with Crippen molar-refractivity contribution in [3.8, 4) is 0 Å². The van der Waals surface area contributed by atoms with E-state index in [1.807, 2.05) is 90.7 Å². The van der Waals surface area contributed by atoms with Crippen LogP contribution in [-0.4, -0.2) is 22.8 Å². The van der Waals surface area contributed by atoms with Gasteiger partial charge in [-0.3, -0.25) is 19.7 Å². The van der Waals surface area contributed by atoms with Gasteiger partial charge >= 0.3 is 0 Å². The standard InChI is InChI=1S/C33H31N3O4/c1-3-9-24-14-16-25(17-15-24)32(37)34-23(2)22-31(29-12-7-8-13-30(29)34)35(27-10-5-4-6-11-27)33(38)26-18-20-28(21-19-26)36(39)40/h4-8,10-21,23,31H,3,9,22H2,1-2H3/t23-,31-/m0/s1. The first kappa shape index (κ1) is 26.8. The Balaban J connectivity index is 1.55. The van der Waals surface area contributed by atoms with Crippen LogP contribution in [0.1, 0.15) is 64.6 Å². The van der Waals surface area contributed by atoms with E-state index in [1.54, 1.807) is 4.90 Å². The lowest BCUT2D eigenvalue weighted by molar-refractivity contribution is -0.384. The Morgan fingerprint density at radius 1 is 0.875 bits per heavy atom. The van der Waals surface area contributed by atoms with Crippen molar-refractivity contribution in [1.82, 2.24) is 0 Å². The lowest BCUT2D eigenvalue weighted by atomic mass is 9.89. The summed E-state index contributed by atoms with van der Waals surface area (Å²) in [5.74, 6) is -0.339. The minimum Gasteiger partial charge on any atom is -0.305 e. The molecule has 7 nitrogen and oxygen atoms in total. The average Bonchev–Trinajstić information content (AvgIpc) is 2.98. The fourth-order valence-corrected chi connectivity index (χ4v) is 5.47. The molecule has 0 aromatic heterocycles. The van der Waals surface area contributed by atoms with Crippen LogP contribution in [0.25, 0.3) is 0 Å². The van der Waals surface area contributed by atoms with E-state index in [2.05, 4.69) is 6.92 Å². The Hall–Kier alpha value is -4.78. The topological polar surface area (TPSA) is 83.8 Å². The van der Waals surface area contributed by atoms with Crippen molar-refractivity contribution >= 4 is 28.9 Å². The van der Waals surface area contributed by atoms with Gasteiger partial charge in [-0.1, -0.05) is 61.9 Å². The Bertz CT molecular complexity index is 1520. The highest BCUT2D eigenvalue weighted by atomic mass is 16.6. The van der Waals surface area contributed by atoms with Crippen molar-refractivity contribution in [2.45, 2.75) is 45.2 Å². The molecule has 4 aromatic rings. The van der Waals surface area contributed by atoms with Gasteiger partial charge in [0.05, 0.1) is 11.0 Å². The van der Waals surface area contributed by atoms with Crippen molar-refractivity contribution in [1.29, 1.82) is 0 Å². The molecule has 5 rings (SSSR count). The molecule has 202 valence electrons. The minimum absolute atomic E-state index is 0.0728. The molecule has 2 atom stereocenters. The van der Waals surface area contributed by atoms with E-state index < -0.39 is 4.92 Å². The number of nitro groups is 1. The second kappa shape index (κ2) is 11.5. The number of para-hydroxylation sites is 2. The number of nitro benzene ring substituents is 1. The maximum atomic E-state index is 14.0. The predicted molar refractivity (Wildman–Crippen MR) is 157 cm³/mol. The molecule has 0 saturated heterocycles. The van der Waals surface area contributed by atoms with Crippen LogP contribution in [0.15, 0.2) is 103 Å². The summed E-state index contributed by atoms with van der Waals surface area (Å²) >= 11 is 0. The molecule has 4 aromatic carbocycles. The third kappa shape index (κ3) is 5.23. The zero-order valence-corrected chi connectivity index (χ0v) is 22.6. The molecule has 0 fully saturated rings. The number of anilines is 2. The molecule has 40 heavy (non-hydrogen) atoms. The SMILES string of the molecule is CCCc1ccc(C(=O)N2c3ccccc3[C@@H](N(C(=O)c3ccc([N+](=O)[O-])cc3)c3ccccc3)C[C@@H]2C)cc1. The second-order valence-corrected chi connectivity index (χ2v) is 10.1. The van der Waals surface area contributed by atoms with Gasteiger partial charge in [0.25, 0.3) is 17.5 Å². The van der Waals surface area contributed by atoms with Crippen LogP contribution in [-0.2, 0) is 6.42 Å². The molecule has 0 aliphatic carbocycles. The van der Waals surface area contributed by atoms with Crippen LogP contribution in [0.2, 0.25) is 0 Å². The average molecular weight is 534 g/mol. The summed E-state index contributed by atoms with van der Waals surface area (Å²) in [6.07, 6.45) is 2.53. The van der Waals surface area contributed by atoms with Gasteiger partial charge < -0.3 is 9.80 Å². The largest absolute Gasteiger partial charge is 0.305 e. The number of fused-ring (bicyclic) bond motifs is 1. The van der Waals surface area contributed by atoms with Crippen molar-refractivity contribution in [2.24, 2.45) is 0 Å². The molecule has 1 aliphatic rings. The van der Waals surface area contributed by atoms with Crippen molar-refractivity contribution in [2.75, 3.05) is 9.80 Å². The fourth-order valence-electron chi connectivity index (χ4n) is 5.47. The molecule has 1 heterocycles. The number of benzene rings is 4. The van der Waals surface area contributed by atoms with Crippen LogP contribution in [0.5, 0.6) is 0 Å². The van der Waals surface area contributed by atoms with Crippen LogP contribution in [0, 0.1) is 10.1 Å². The first-order valence-corrected chi connectivity index (χ1v) is 13.5. The van der Waals surface area contributed by atoms with Gasteiger partial charge in [0, 0.05) is 40.7 Å². The molecule has 1 aliphatic heterocycles. The molecule has 0 bridgehead atoms. The second-order valence-electron chi connectivity index (χ2n) is 10.1. The van der Waals surface area contributed by atoms with Crippen LogP contribution in [0.4, 0.5) is 17.1 Å². The third-order valence-corrected chi connectivity index (χ3v) is 7.41. The molecule has 0 spiro atoms. The van der Waals surface area contributed by atoms with E-state index in [0.717, 1.165) is 24.1 Å². The van der Waals surface area contributed by atoms with Crippen molar-refractivity contribution in [3.05, 3.63) is 135 Å². The molecular weight excluding hydrogens is 502 g/mol. The molecule has 7 heteroatoms. The van der Waals surface area contributed by atoms with E-state index in [9.17, 15) is 19.7 Å². The molecule has 0 N–H and O–H groups in total. The third-order valence-electron chi connectivity index (χ3n) is 7.41. The van der Waals surface area contributed by atoms with E-state index in [-0.39, 0.29) is 29.6 Å². The maximum absolute atomic E-state index is 14.0. The number of carbonyl (C=O) groups is 2. The monoisotopic (exact) mass is 533 g/mol.